The van der Waals surface area contributed by atoms with Gasteiger partial charge in [0.25, 0.3) is 0 Å². The Morgan fingerprint density at radius 1 is 1.07 bits per heavy atom. The Balaban J connectivity index is 1.62. The number of thioether (sulfide) groups is 1. The van der Waals surface area contributed by atoms with E-state index in [4.69, 9.17) is 4.52 Å². The zero-order chi connectivity index (χ0) is 19.5. The predicted octanol–water partition coefficient (Wildman–Crippen LogP) is 4.36. The molecular formula is C20H26N6OS. The van der Waals surface area contributed by atoms with Crippen LogP contribution in [-0.2, 0) is 5.75 Å². The van der Waals surface area contributed by atoms with Gasteiger partial charge in [0.2, 0.25) is 11.8 Å². The van der Waals surface area contributed by atoms with Gasteiger partial charge in [-0.3, -0.25) is 4.57 Å². The van der Waals surface area contributed by atoms with Gasteiger partial charge in [0, 0.05) is 19.0 Å². The highest BCUT2D eigenvalue weighted by Gasteiger charge is 2.22. The van der Waals surface area contributed by atoms with Gasteiger partial charge in [-0.2, -0.15) is 4.98 Å². The fourth-order valence-electron chi connectivity index (χ4n) is 3.26. The van der Waals surface area contributed by atoms with Crippen LogP contribution in [0.3, 0.4) is 0 Å². The average Bonchev–Trinajstić information content (AvgIpc) is 3.35. The van der Waals surface area contributed by atoms with E-state index >= 15 is 0 Å². The number of hydrogen-bond acceptors (Lipinski definition) is 7. The smallest absolute Gasteiger partial charge is 0.237 e. The summed E-state index contributed by atoms with van der Waals surface area (Å²) in [4.78, 5) is 6.81. The van der Waals surface area contributed by atoms with Crippen LogP contribution in [0.4, 0.5) is 5.95 Å². The SMILES string of the molecule is Cc1ccc(-n2c(SCc3nc(C(C)C)no3)nnc2N2CCCCC2)cc1. The molecule has 1 aromatic carbocycles. The van der Waals surface area contributed by atoms with E-state index in [0.717, 1.165) is 35.7 Å². The molecule has 3 aromatic rings. The van der Waals surface area contributed by atoms with E-state index in [-0.39, 0.29) is 5.92 Å². The summed E-state index contributed by atoms with van der Waals surface area (Å²) in [7, 11) is 0. The fourth-order valence-corrected chi connectivity index (χ4v) is 4.05. The maximum absolute atomic E-state index is 5.38. The number of benzene rings is 1. The standard InChI is InChI=1S/C20H26N6OS/c1-14(2)18-21-17(27-24-18)13-28-20-23-22-19(25-11-5-4-6-12-25)26(20)16-9-7-15(3)8-10-16/h7-10,14H,4-6,11-13H2,1-3H3. The Bertz CT molecular complexity index is 911. The molecule has 1 aliphatic rings. The molecule has 0 aliphatic carbocycles. The highest BCUT2D eigenvalue weighted by atomic mass is 32.2. The molecular weight excluding hydrogens is 372 g/mol. The number of anilines is 1. The van der Waals surface area contributed by atoms with Crippen molar-refractivity contribution in [2.45, 2.75) is 56.9 Å². The summed E-state index contributed by atoms with van der Waals surface area (Å²) >= 11 is 1.58. The summed E-state index contributed by atoms with van der Waals surface area (Å²) in [5.41, 5.74) is 2.31. The van der Waals surface area contributed by atoms with E-state index in [1.807, 2.05) is 0 Å². The molecule has 0 unspecified atom stereocenters. The van der Waals surface area contributed by atoms with Gasteiger partial charge in [-0.15, -0.1) is 10.2 Å². The number of piperidine rings is 1. The molecule has 3 heterocycles. The molecule has 148 valence electrons. The lowest BCUT2D eigenvalue weighted by atomic mass is 10.1. The minimum absolute atomic E-state index is 0.254. The molecule has 2 aromatic heterocycles. The third-order valence-corrected chi connectivity index (χ3v) is 5.79. The van der Waals surface area contributed by atoms with Crippen LogP contribution in [0, 0.1) is 6.92 Å². The molecule has 0 radical (unpaired) electrons. The highest BCUT2D eigenvalue weighted by molar-refractivity contribution is 7.98. The molecule has 0 saturated carbocycles. The monoisotopic (exact) mass is 398 g/mol. The zero-order valence-electron chi connectivity index (χ0n) is 16.6. The molecule has 28 heavy (non-hydrogen) atoms. The zero-order valence-corrected chi connectivity index (χ0v) is 17.4. The van der Waals surface area contributed by atoms with Gasteiger partial charge in [-0.25, -0.2) is 0 Å². The Morgan fingerprint density at radius 2 is 1.82 bits per heavy atom. The van der Waals surface area contributed by atoms with E-state index in [0.29, 0.717) is 11.6 Å². The number of nitrogens with zero attached hydrogens (tertiary/aromatic N) is 6. The Hall–Kier alpha value is -2.35. The van der Waals surface area contributed by atoms with Crippen LogP contribution in [-0.4, -0.2) is 38.0 Å². The predicted molar refractivity (Wildman–Crippen MR) is 110 cm³/mol. The van der Waals surface area contributed by atoms with Gasteiger partial charge in [0.1, 0.15) is 0 Å². The molecule has 0 N–H and O–H groups in total. The number of rotatable bonds is 6. The minimum Gasteiger partial charge on any atom is -0.341 e. The van der Waals surface area contributed by atoms with Gasteiger partial charge < -0.3 is 9.42 Å². The highest BCUT2D eigenvalue weighted by Crippen LogP contribution is 2.30. The summed E-state index contributed by atoms with van der Waals surface area (Å²) in [6, 6.07) is 8.49. The lowest BCUT2D eigenvalue weighted by molar-refractivity contribution is 0.382. The number of aromatic nitrogens is 5. The van der Waals surface area contributed by atoms with Crippen molar-refractivity contribution in [1.82, 2.24) is 24.9 Å². The quantitative estimate of drug-likeness (QED) is 0.571. The van der Waals surface area contributed by atoms with E-state index in [1.165, 1.54) is 24.8 Å². The molecule has 1 fully saturated rings. The van der Waals surface area contributed by atoms with Crippen LogP contribution in [0.1, 0.15) is 56.3 Å². The first kappa shape index (κ1) is 19.0. The number of hydrogen-bond donors (Lipinski definition) is 0. The van der Waals surface area contributed by atoms with Gasteiger partial charge in [-0.1, -0.05) is 48.5 Å². The second-order valence-electron chi connectivity index (χ2n) is 7.49. The summed E-state index contributed by atoms with van der Waals surface area (Å²) in [5, 5.41) is 13.9. The van der Waals surface area contributed by atoms with E-state index in [1.54, 1.807) is 11.8 Å². The van der Waals surface area contributed by atoms with E-state index in [9.17, 15) is 0 Å². The van der Waals surface area contributed by atoms with Gasteiger partial charge in [0.05, 0.1) is 11.4 Å². The largest absolute Gasteiger partial charge is 0.341 e. The van der Waals surface area contributed by atoms with Crippen molar-refractivity contribution >= 4 is 17.7 Å². The lowest BCUT2D eigenvalue weighted by Gasteiger charge is -2.27. The van der Waals surface area contributed by atoms with Crippen molar-refractivity contribution in [3.63, 3.8) is 0 Å². The van der Waals surface area contributed by atoms with Gasteiger partial charge >= 0.3 is 0 Å². The molecule has 0 bridgehead atoms. The van der Waals surface area contributed by atoms with Crippen molar-refractivity contribution in [2.24, 2.45) is 0 Å². The first-order valence-corrected chi connectivity index (χ1v) is 10.8. The molecule has 1 aliphatic heterocycles. The van der Waals surface area contributed by atoms with Crippen LogP contribution >= 0.6 is 11.8 Å². The van der Waals surface area contributed by atoms with Gasteiger partial charge in [0.15, 0.2) is 11.0 Å². The summed E-state index contributed by atoms with van der Waals surface area (Å²) in [6.07, 6.45) is 3.68. The average molecular weight is 399 g/mol. The summed E-state index contributed by atoms with van der Waals surface area (Å²) < 4.78 is 7.53. The number of aryl methyl sites for hydroxylation is 1. The van der Waals surface area contributed by atoms with Crippen LogP contribution in [0.5, 0.6) is 0 Å². The maximum Gasteiger partial charge on any atom is 0.237 e. The Morgan fingerprint density at radius 3 is 2.50 bits per heavy atom. The topological polar surface area (TPSA) is 72.9 Å². The third-order valence-electron chi connectivity index (χ3n) is 4.87. The Labute approximate surface area is 169 Å². The van der Waals surface area contributed by atoms with Crippen molar-refractivity contribution in [3.05, 3.63) is 41.5 Å². The second-order valence-corrected chi connectivity index (χ2v) is 8.43. The van der Waals surface area contributed by atoms with Crippen LogP contribution in [0.25, 0.3) is 5.69 Å². The second kappa shape index (κ2) is 8.34. The molecule has 4 rings (SSSR count). The fraction of sp³-hybridized carbons (Fsp3) is 0.500. The van der Waals surface area contributed by atoms with Crippen LogP contribution in [0.15, 0.2) is 33.9 Å². The Kier molecular flexibility index (Phi) is 5.66. The molecule has 1 saturated heterocycles. The molecule has 7 nitrogen and oxygen atoms in total. The lowest BCUT2D eigenvalue weighted by Crippen LogP contribution is -2.31. The first-order valence-electron chi connectivity index (χ1n) is 9.84. The van der Waals surface area contributed by atoms with Crippen molar-refractivity contribution < 1.29 is 4.52 Å². The third kappa shape index (κ3) is 4.06. The molecule has 0 atom stereocenters. The van der Waals surface area contributed by atoms with Crippen LogP contribution < -0.4 is 4.90 Å². The molecule has 0 spiro atoms. The van der Waals surface area contributed by atoms with E-state index < -0.39 is 0 Å². The van der Waals surface area contributed by atoms with Gasteiger partial charge in [-0.05, 0) is 38.3 Å². The van der Waals surface area contributed by atoms with Crippen molar-refractivity contribution in [3.8, 4) is 5.69 Å². The first-order chi connectivity index (χ1) is 13.6. The van der Waals surface area contributed by atoms with E-state index in [2.05, 4.69) is 74.8 Å². The minimum atomic E-state index is 0.254. The van der Waals surface area contributed by atoms with Crippen molar-refractivity contribution in [2.75, 3.05) is 18.0 Å². The van der Waals surface area contributed by atoms with Crippen LogP contribution in [0.2, 0.25) is 0 Å². The summed E-state index contributed by atoms with van der Waals surface area (Å²) in [6.45, 7) is 8.26. The summed E-state index contributed by atoms with van der Waals surface area (Å²) in [5.74, 6) is 3.10. The maximum atomic E-state index is 5.38. The molecule has 0 amide bonds. The normalized spacial score (nSPS) is 14.8. The van der Waals surface area contributed by atoms with Crippen molar-refractivity contribution in [1.29, 1.82) is 0 Å². The molecule has 8 heteroatoms.